The molecule has 0 saturated heterocycles. The van der Waals surface area contributed by atoms with E-state index >= 15 is 0 Å². The predicted molar refractivity (Wildman–Crippen MR) is 72.9 cm³/mol. The molecule has 3 heteroatoms. The van der Waals surface area contributed by atoms with Crippen LogP contribution in [0.15, 0.2) is 24.3 Å². The van der Waals surface area contributed by atoms with Crippen molar-refractivity contribution in [1.82, 2.24) is 4.90 Å². The van der Waals surface area contributed by atoms with Crippen molar-refractivity contribution in [2.45, 2.75) is 39.2 Å². The maximum atomic E-state index is 12.5. The van der Waals surface area contributed by atoms with E-state index in [2.05, 4.69) is 13.8 Å². The number of imide groups is 1. The third-order valence-electron chi connectivity index (χ3n) is 4.44. The molecule has 19 heavy (non-hydrogen) atoms. The highest BCUT2D eigenvalue weighted by atomic mass is 16.2. The van der Waals surface area contributed by atoms with E-state index < -0.39 is 0 Å². The smallest absolute Gasteiger partial charge is 0.261 e. The number of amides is 2. The van der Waals surface area contributed by atoms with Crippen LogP contribution in [0, 0.1) is 11.8 Å². The van der Waals surface area contributed by atoms with Gasteiger partial charge in [-0.3, -0.25) is 14.5 Å². The van der Waals surface area contributed by atoms with Crippen LogP contribution in [0.1, 0.15) is 53.8 Å². The minimum absolute atomic E-state index is 0.0566. The van der Waals surface area contributed by atoms with Gasteiger partial charge in [0, 0.05) is 6.04 Å². The van der Waals surface area contributed by atoms with E-state index in [0.29, 0.717) is 23.0 Å². The second-order valence-electron chi connectivity index (χ2n) is 5.95. The number of carbonyl (C=O) groups excluding carboxylic acids is 2. The van der Waals surface area contributed by atoms with Crippen LogP contribution >= 0.6 is 0 Å². The third kappa shape index (κ3) is 1.79. The normalized spacial score (nSPS) is 20.7. The number of carbonyl (C=O) groups is 2. The highest BCUT2D eigenvalue weighted by Gasteiger charge is 2.44. The van der Waals surface area contributed by atoms with Crippen molar-refractivity contribution in [2.75, 3.05) is 0 Å². The lowest BCUT2D eigenvalue weighted by Crippen LogP contribution is -2.49. The lowest BCUT2D eigenvalue weighted by Gasteiger charge is -2.40. The minimum atomic E-state index is -0.105. The monoisotopic (exact) mass is 257 g/mol. The number of rotatable bonds is 3. The first-order valence-electron chi connectivity index (χ1n) is 7.08. The zero-order valence-electron chi connectivity index (χ0n) is 11.4. The van der Waals surface area contributed by atoms with E-state index in [1.165, 1.54) is 11.3 Å². The summed E-state index contributed by atoms with van der Waals surface area (Å²) in [6.07, 6.45) is 3.49. The number of fused-ring (bicyclic) bond motifs is 1. The largest absolute Gasteiger partial charge is 0.271 e. The van der Waals surface area contributed by atoms with Crippen LogP contribution in [0.25, 0.3) is 0 Å². The van der Waals surface area contributed by atoms with Gasteiger partial charge in [0.05, 0.1) is 11.1 Å². The SMILES string of the molecule is CC(C)[C@@H](C1CCC1)N1C(=O)c2ccccc2C1=O. The second-order valence-corrected chi connectivity index (χ2v) is 5.95. The molecule has 1 fully saturated rings. The molecule has 0 spiro atoms. The molecule has 1 saturated carbocycles. The first-order chi connectivity index (χ1) is 9.11. The third-order valence-corrected chi connectivity index (χ3v) is 4.44. The van der Waals surface area contributed by atoms with Crippen LogP contribution in [0.2, 0.25) is 0 Å². The van der Waals surface area contributed by atoms with Crippen molar-refractivity contribution < 1.29 is 9.59 Å². The Kier molecular flexibility index (Phi) is 2.92. The summed E-state index contributed by atoms with van der Waals surface area (Å²) >= 11 is 0. The minimum Gasteiger partial charge on any atom is -0.271 e. The predicted octanol–water partition coefficient (Wildman–Crippen LogP) is 3.11. The fraction of sp³-hybridized carbons (Fsp3) is 0.500. The summed E-state index contributed by atoms with van der Waals surface area (Å²) in [5.41, 5.74) is 1.13. The Hall–Kier alpha value is -1.64. The zero-order chi connectivity index (χ0) is 13.6. The lowest BCUT2D eigenvalue weighted by molar-refractivity contribution is 0.0373. The fourth-order valence-electron chi connectivity index (χ4n) is 3.31. The molecule has 1 atom stereocenters. The van der Waals surface area contributed by atoms with Crippen LogP contribution in [0.4, 0.5) is 0 Å². The molecule has 0 radical (unpaired) electrons. The van der Waals surface area contributed by atoms with Gasteiger partial charge in [0.15, 0.2) is 0 Å². The Balaban J connectivity index is 1.98. The molecule has 1 aromatic carbocycles. The molecule has 1 aliphatic heterocycles. The zero-order valence-corrected chi connectivity index (χ0v) is 11.4. The van der Waals surface area contributed by atoms with Gasteiger partial charge in [-0.15, -0.1) is 0 Å². The quantitative estimate of drug-likeness (QED) is 0.780. The highest BCUT2D eigenvalue weighted by molar-refractivity contribution is 6.21. The van der Waals surface area contributed by atoms with E-state index in [1.54, 1.807) is 12.1 Å². The standard InChI is InChI=1S/C16H19NO2/c1-10(2)14(11-6-5-7-11)17-15(18)12-8-3-4-9-13(12)16(17)19/h3-4,8-11,14H,5-7H2,1-2H3/t14-/m0/s1. The van der Waals surface area contributed by atoms with Crippen LogP contribution < -0.4 is 0 Å². The molecular formula is C16H19NO2. The molecule has 1 aromatic rings. The number of hydrogen-bond acceptors (Lipinski definition) is 2. The Morgan fingerprint density at radius 1 is 1.05 bits per heavy atom. The van der Waals surface area contributed by atoms with Gasteiger partial charge in [0.1, 0.15) is 0 Å². The second kappa shape index (κ2) is 4.48. The van der Waals surface area contributed by atoms with Gasteiger partial charge >= 0.3 is 0 Å². The molecule has 2 amide bonds. The topological polar surface area (TPSA) is 37.4 Å². The van der Waals surface area contributed by atoms with Gasteiger partial charge in [0.25, 0.3) is 11.8 Å². The summed E-state index contributed by atoms with van der Waals surface area (Å²) in [6, 6.07) is 7.21. The van der Waals surface area contributed by atoms with Gasteiger partial charge in [0.2, 0.25) is 0 Å². The van der Waals surface area contributed by atoms with Crippen molar-refractivity contribution in [3.05, 3.63) is 35.4 Å². The maximum Gasteiger partial charge on any atom is 0.261 e. The number of nitrogens with zero attached hydrogens (tertiary/aromatic N) is 1. The van der Waals surface area contributed by atoms with Crippen molar-refractivity contribution in [2.24, 2.45) is 11.8 Å². The number of hydrogen-bond donors (Lipinski definition) is 0. The molecule has 1 aliphatic carbocycles. The molecule has 0 bridgehead atoms. The van der Waals surface area contributed by atoms with Crippen LogP contribution in [0.3, 0.4) is 0 Å². The van der Waals surface area contributed by atoms with Crippen molar-refractivity contribution in [3.8, 4) is 0 Å². The molecule has 0 unspecified atom stereocenters. The summed E-state index contributed by atoms with van der Waals surface area (Å²) in [6.45, 7) is 4.21. The van der Waals surface area contributed by atoms with Gasteiger partial charge in [-0.2, -0.15) is 0 Å². The van der Waals surface area contributed by atoms with Crippen LogP contribution in [-0.4, -0.2) is 22.8 Å². The summed E-state index contributed by atoms with van der Waals surface area (Å²) in [7, 11) is 0. The molecule has 3 nitrogen and oxygen atoms in total. The average molecular weight is 257 g/mol. The van der Waals surface area contributed by atoms with E-state index in [0.717, 1.165) is 12.8 Å². The summed E-state index contributed by atoms with van der Waals surface area (Å²) in [5, 5.41) is 0. The van der Waals surface area contributed by atoms with Crippen molar-refractivity contribution in [3.63, 3.8) is 0 Å². The van der Waals surface area contributed by atoms with Gasteiger partial charge < -0.3 is 0 Å². The van der Waals surface area contributed by atoms with E-state index in [4.69, 9.17) is 0 Å². The summed E-state index contributed by atoms with van der Waals surface area (Å²) in [4.78, 5) is 26.5. The Labute approximate surface area is 113 Å². The molecule has 3 rings (SSSR count). The lowest BCUT2D eigenvalue weighted by atomic mass is 9.75. The molecule has 2 aliphatic rings. The van der Waals surface area contributed by atoms with Gasteiger partial charge in [-0.05, 0) is 36.8 Å². The van der Waals surface area contributed by atoms with E-state index in [-0.39, 0.29) is 17.9 Å². The first kappa shape index (κ1) is 12.4. The van der Waals surface area contributed by atoms with E-state index in [9.17, 15) is 9.59 Å². The summed E-state index contributed by atoms with van der Waals surface area (Å²) < 4.78 is 0. The van der Waals surface area contributed by atoms with Gasteiger partial charge in [-0.1, -0.05) is 32.4 Å². The van der Waals surface area contributed by atoms with Crippen molar-refractivity contribution >= 4 is 11.8 Å². The summed E-state index contributed by atoms with van der Waals surface area (Å²) in [5.74, 6) is 0.590. The first-order valence-corrected chi connectivity index (χ1v) is 7.08. The number of benzene rings is 1. The Bertz CT molecular complexity index is 496. The Morgan fingerprint density at radius 3 is 1.95 bits per heavy atom. The fourth-order valence-corrected chi connectivity index (χ4v) is 3.31. The maximum absolute atomic E-state index is 12.5. The van der Waals surface area contributed by atoms with Crippen LogP contribution in [-0.2, 0) is 0 Å². The van der Waals surface area contributed by atoms with E-state index in [1.807, 2.05) is 12.1 Å². The molecule has 0 aromatic heterocycles. The molecular weight excluding hydrogens is 238 g/mol. The molecule has 1 heterocycles. The van der Waals surface area contributed by atoms with Gasteiger partial charge in [-0.25, -0.2) is 0 Å². The molecule has 100 valence electrons. The molecule has 0 N–H and O–H groups in total. The average Bonchev–Trinajstić information content (AvgIpc) is 2.58. The van der Waals surface area contributed by atoms with Crippen molar-refractivity contribution in [1.29, 1.82) is 0 Å². The van der Waals surface area contributed by atoms with Crippen LogP contribution in [0.5, 0.6) is 0 Å². The highest BCUT2D eigenvalue weighted by Crippen LogP contribution is 2.38. The Morgan fingerprint density at radius 2 is 1.58 bits per heavy atom.